The molecule has 7 heteroatoms. The quantitative estimate of drug-likeness (QED) is 0.416. The normalized spacial score (nSPS) is 13.7. The number of ether oxygens (including phenoxy) is 1. The number of halogens is 1. The third-order valence-electron chi connectivity index (χ3n) is 5.03. The number of amides is 2. The molecule has 0 aromatic heterocycles. The fourth-order valence-electron chi connectivity index (χ4n) is 3.56. The Balaban J connectivity index is 1.84. The van der Waals surface area contributed by atoms with Crippen LogP contribution in [-0.4, -0.2) is 25.5 Å². The lowest BCUT2D eigenvalue weighted by Crippen LogP contribution is -2.35. The van der Waals surface area contributed by atoms with E-state index in [9.17, 15) is 9.59 Å². The number of carbonyl (C=O) groups is 2. The highest BCUT2D eigenvalue weighted by atomic mass is 35.5. The van der Waals surface area contributed by atoms with Crippen molar-refractivity contribution in [3.8, 4) is 5.75 Å². The van der Waals surface area contributed by atoms with Crippen molar-refractivity contribution in [1.29, 1.82) is 0 Å². The molecule has 0 bridgehead atoms. The Labute approximate surface area is 196 Å². The van der Waals surface area contributed by atoms with Crippen LogP contribution in [0.5, 0.6) is 5.75 Å². The monoisotopic (exact) mass is 464 g/mol. The van der Waals surface area contributed by atoms with E-state index in [1.807, 2.05) is 54.3 Å². The number of hydrogen-bond donors (Lipinski definition) is 0. The summed E-state index contributed by atoms with van der Waals surface area (Å²) in [5.74, 6) is -0.320. The van der Waals surface area contributed by atoms with Gasteiger partial charge in [0.2, 0.25) is 0 Å². The zero-order valence-electron chi connectivity index (χ0n) is 17.6. The van der Waals surface area contributed by atoms with Gasteiger partial charge in [-0.3, -0.25) is 9.59 Å². The Kier molecular flexibility index (Phi) is 6.53. The van der Waals surface area contributed by atoms with Gasteiger partial charge in [0.1, 0.15) is 16.4 Å². The molecule has 0 fully saturated rings. The van der Waals surface area contributed by atoms with E-state index in [1.165, 1.54) is 23.8 Å². The van der Waals surface area contributed by atoms with Crippen molar-refractivity contribution in [3.05, 3.63) is 94.5 Å². The van der Waals surface area contributed by atoms with Crippen LogP contribution in [0.1, 0.15) is 6.92 Å². The van der Waals surface area contributed by atoms with E-state index in [-0.39, 0.29) is 11.8 Å². The number of rotatable bonds is 7. The molecule has 5 nitrogen and oxygen atoms in total. The van der Waals surface area contributed by atoms with E-state index in [2.05, 4.69) is 0 Å². The summed E-state index contributed by atoms with van der Waals surface area (Å²) in [5.41, 5.74) is 1.59. The third kappa shape index (κ3) is 4.11. The first-order valence-corrected chi connectivity index (χ1v) is 11.3. The molecule has 162 valence electrons. The molecule has 0 aliphatic carbocycles. The molecule has 0 unspecified atom stereocenters. The standard InChI is InChI=1S/C25H21ClN2O3S/c1-3-27(18-9-5-4-6-10-18)22-23(32-19-15-13-17(26)14-16-19)25(30)28(24(22)29)20-11-7-8-12-21(20)31-2/h4-16H,3H2,1-2H3. The topological polar surface area (TPSA) is 49.9 Å². The van der Waals surface area contributed by atoms with Crippen LogP contribution < -0.4 is 14.5 Å². The van der Waals surface area contributed by atoms with Crippen LogP contribution in [0.3, 0.4) is 0 Å². The molecule has 1 aliphatic rings. The number of likely N-dealkylation sites (N-methyl/N-ethyl adjacent to an activating group) is 1. The summed E-state index contributed by atoms with van der Waals surface area (Å²) in [5, 5.41) is 0.604. The van der Waals surface area contributed by atoms with Crippen LogP contribution in [0.2, 0.25) is 5.02 Å². The van der Waals surface area contributed by atoms with Crippen LogP contribution in [0.4, 0.5) is 11.4 Å². The zero-order chi connectivity index (χ0) is 22.7. The van der Waals surface area contributed by atoms with Crippen LogP contribution in [0.15, 0.2) is 94.4 Å². The van der Waals surface area contributed by atoms with E-state index in [1.54, 1.807) is 36.4 Å². The van der Waals surface area contributed by atoms with Gasteiger partial charge in [0.05, 0.1) is 12.8 Å². The van der Waals surface area contributed by atoms with Crippen LogP contribution in [-0.2, 0) is 9.59 Å². The zero-order valence-corrected chi connectivity index (χ0v) is 19.2. The number of carbonyl (C=O) groups excluding carboxylic acids is 2. The van der Waals surface area contributed by atoms with Crippen LogP contribution in [0.25, 0.3) is 0 Å². The summed E-state index contributed by atoms with van der Waals surface area (Å²) in [6, 6.07) is 23.8. The Morgan fingerprint density at radius 1 is 0.906 bits per heavy atom. The molecule has 2 amide bonds. The predicted octanol–water partition coefficient (Wildman–Crippen LogP) is 5.75. The molecule has 0 spiro atoms. The van der Waals surface area contributed by atoms with E-state index in [0.29, 0.717) is 33.6 Å². The first-order chi connectivity index (χ1) is 15.5. The average Bonchev–Trinajstić information content (AvgIpc) is 3.06. The highest BCUT2D eigenvalue weighted by Gasteiger charge is 2.43. The summed E-state index contributed by atoms with van der Waals surface area (Å²) in [6.45, 7) is 2.47. The molecule has 0 saturated carbocycles. The maximum Gasteiger partial charge on any atom is 0.283 e. The first-order valence-electron chi connectivity index (χ1n) is 10.1. The molecule has 1 aliphatic heterocycles. The fraction of sp³-hybridized carbons (Fsp3) is 0.120. The summed E-state index contributed by atoms with van der Waals surface area (Å²) in [4.78, 5) is 31.6. The van der Waals surface area contributed by atoms with Crippen molar-refractivity contribution >= 4 is 46.6 Å². The second-order valence-electron chi connectivity index (χ2n) is 6.93. The second-order valence-corrected chi connectivity index (χ2v) is 8.45. The van der Waals surface area contributed by atoms with Crippen molar-refractivity contribution < 1.29 is 14.3 Å². The van der Waals surface area contributed by atoms with Gasteiger partial charge in [0.15, 0.2) is 0 Å². The maximum atomic E-state index is 13.7. The highest BCUT2D eigenvalue weighted by Crippen LogP contribution is 2.42. The first kappa shape index (κ1) is 22.0. The molecular formula is C25H21ClN2O3S. The number of benzene rings is 3. The Morgan fingerprint density at radius 3 is 2.22 bits per heavy atom. The van der Waals surface area contributed by atoms with Crippen molar-refractivity contribution in [3.63, 3.8) is 0 Å². The van der Waals surface area contributed by atoms with Crippen LogP contribution >= 0.6 is 23.4 Å². The molecule has 3 aromatic carbocycles. The number of methoxy groups -OCH3 is 1. The molecule has 0 N–H and O–H groups in total. The van der Waals surface area contributed by atoms with Gasteiger partial charge in [0, 0.05) is 22.2 Å². The molecule has 0 saturated heterocycles. The van der Waals surface area contributed by atoms with E-state index >= 15 is 0 Å². The van der Waals surface area contributed by atoms with Crippen molar-refractivity contribution in [2.24, 2.45) is 0 Å². The molecule has 32 heavy (non-hydrogen) atoms. The SMILES string of the molecule is CCN(C1=C(Sc2ccc(Cl)cc2)C(=O)N(c2ccccc2OC)C1=O)c1ccccc1. The lowest BCUT2D eigenvalue weighted by molar-refractivity contribution is -0.120. The van der Waals surface area contributed by atoms with E-state index in [0.717, 1.165) is 10.6 Å². The summed E-state index contributed by atoms with van der Waals surface area (Å²) < 4.78 is 5.43. The number of imide groups is 1. The minimum absolute atomic E-state index is 0.342. The lowest BCUT2D eigenvalue weighted by atomic mass is 10.2. The molecule has 4 rings (SSSR count). The highest BCUT2D eigenvalue weighted by molar-refractivity contribution is 8.04. The number of thioether (sulfide) groups is 1. The Morgan fingerprint density at radius 2 is 1.56 bits per heavy atom. The smallest absolute Gasteiger partial charge is 0.283 e. The Hall–Kier alpha value is -3.22. The van der Waals surface area contributed by atoms with Gasteiger partial charge in [-0.15, -0.1) is 0 Å². The van der Waals surface area contributed by atoms with Gasteiger partial charge in [-0.25, -0.2) is 4.90 Å². The van der Waals surface area contributed by atoms with Crippen LogP contribution in [0, 0.1) is 0 Å². The number of nitrogens with zero attached hydrogens (tertiary/aromatic N) is 2. The minimum Gasteiger partial charge on any atom is -0.495 e. The van der Waals surface area contributed by atoms with Gasteiger partial charge < -0.3 is 9.64 Å². The largest absolute Gasteiger partial charge is 0.495 e. The maximum absolute atomic E-state index is 13.7. The molecule has 0 atom stereocenters. The number of anilines is 2. The Bertz CT molecular complexity index is 1180. The second kappa shape index (κ2) is 9.51. The molecule has 0 radical (unpaired) electrons. The summed E-state index contributed by atoms with van der Waals surface area (Å²) in [7, 11) is 1.52. The van der Waals surface area contributed by atoms with Crippen molar-refractivity contribution in [1.82, 2.24) is 0 Å². The summed E-state index contributed by atoms with van der Waals surface area (Å²) in [6.07, 6.45) is 0. The van der Waals surface area contributed by atoms with E-state index < -0.39 is 0 Å². The van der Waals surface area contributed by atoms with Gasteiger partial charge in [-0.2, -0.15) is 0 Å². The van der Waals surface area contributed by atoms with Gasteiger partial charge in [-0.1, -0.05) is 53.7 Å². The summed E-state index contributed by atoms with van der Waals surface area (Å²) >= 11 is 7.28. The average molecular weight is 465 g/mol. The minimum atomic E-state index is -0.387. The van der Waals surface area contributed by atoms with Crippen molar-refractivity contribution in [2.75, 3.05) is 23.5 Å². The van der Waals surface area contributed by atoms with Gasteiger partial charge in [0.25, 0.3) is 11.8 Å². The number of para-hydroxylation sites is 3. The fourth-order valence-corrected chi connectivity index (χ4v) is 4.67. The lowest BCUT2D eigenvalue weighted by Gasteiger charge is -2.25. The molecule has 3 aromatic rings. The van der Waals surface area contributed by atoms with Crippen molar-refractivity contribution in [2.45, 2.75) is 11.8 Å². The van der Waals surface area contributed by atoms with E-state index in [4.69, 9.17) is 16.3 Å². The third-order valence-corrected chi connectivity index (χ3v) is 6.36. The number of hydrogen-bond acceptors (Lipinski definition) is 5. The molecular weight excluding hydrogens is 444 g/mol. The van der Waals surface area contributed by atoms with Gasteiger partial charge >= 0.3 is 0 Å². The predicted molar refractivity (Wildman–Crippen MR) is 129 cm³/mol. The van der Waals surface area contributed by atoms with Gasteiger partial charge in [-0.05, 0) is 55.5 Å². The molecule has 1 heterocycles.